The van der Waals surface area contributed by atoms with Crippen LogP contribution >= 0.6 is 0 Å². The molecule has 2 aromatic rings. The van der Waals surface area contributed by atoms with Crippen LogP contribution in [0.1, 0.15) is 24.1 Å². The number of benzene rings is 2. The maximum absolute atomic E-state index is 12.1. The summed E-state index contributed by atoms with van der Waals surface area (Å²) >= 11 is 0. The SMILES string of the molecule is CC(Nc1ccc(C#N)cc1[N+](=O)[O-])c1ccc(OCC(F)(F)F)cc1. The van der Waals surface area contributed by atoms with Gasteiger partial charge in [0.25, 0.3) is 5.69 Å². The average molecular weight is 365 g/mol. The van der Waals surface area contributed by atoms with Crippen molar-refractivity contribution >= 4 is 11.4 Å². The molecule has 0 spiro atoms. The second-order valence-corrected chi connectivity index (χ2v) is 5.44. The topological polar surface area (TPSA) is 88.2 Å². The van der Waals surface area contributed by atoms with Crippen LogP contribution in [0.3, 0.4) is 0 Å². The zero-order chi connectivity index (χ0) is 19.3. The van der Waals surface area contributed by atoms with Gasteiger partial charge in [-0.2, -0.15) is 18.4 Å². The monoisotopic (exact) mass is 365 g/mol. The van der Waals surface area contributed by atoms with Crippen LogP contribution in [0.5, 0.6) is 5.75 Å². The third-order valence-corrected chi connectivity index (χ3v) is 3.48. The fourth-order valence-corrected chi connectivity index (χ4v) is 2.21. The van der Waals surface area contributed by atoms with Gasteiger partial charge in [-0.1, -0.05) is 12.1 Å². The minimum absolute atomic E-state index is 0.0719. The smallest absolute Gasteiger partial charge is 0.422 e. The van der Waals surface area contributed by atoms with Crippen LogP contribution < -0.4 is 10.1 Å². The number of anilines is 1. The first-order valence-corrected chi connectivity index (χ1v) is 7.44. The van der Waals surface area contributed by atoms with Crippen molar-refractivity contribution in [3.8, 4) is 11.8 Å². The highest BCUT2D eigenvalue weighted by atomic mass is 19.4. The van der Waals surface area contributed by atoms with Gasteiger partial charge in [0.2, 0.25) is 0 Å². The molecule has 0 aliphatic carbocycles. The molecule has 0 amide bonds. The zero-order valence-corrected chi connectivity index (χ0v) is 13.6. The van der Waals surface area contributed by atoms with E-state index in [4.69, 9.17) is 5.26 Å². The second-order valence-electron chi connectivity index (χ2n) is 5.44. The van der Waals surface area contributed by atoms with Gasteiger partial charge >= 0.3 is 6.18 Å². The molecule has 0 aromatic heterocycles. The van der Waals surface area contributed by atoms with E-state index in [1.165, 1.54) is 30.3 Å². The summed E-state index contributed by atoms with van der Waals surface area (Å²) < 4.78 is 41.0. The normalized spacial score (nSPS) is 12.1. The summed E-state index contributed by atoms with van der Waals surface area (Å²) in [6.07, 6.45) is -4.41. The Labute approximate surface area is 147 Å². The fraction of sp³-hybridized carbons (Fsp3) is 0.235. The van der Waals surface area contributed by atoms with Gasteiger partial charge in [-0.25, -0.2) is 0 Å². The molecule has 1 N–H and O–H groups in total. The number of nitro groups is 1. The first kappa shape index (κ1) is 19.1. The van der Waals surface area contributed by atoms with Gasteiger partial charge in [-0.05, 0) is 36.8 Å². The van der Waals surface area contributed by atoms with Crippen molar-refractivity contribution in [2.45, 2.75) is 19.1 Å². The lowest BCUT2D eigenvalue weighted by molar-refractivity contribution is -0.384. The lowest BCUT2D eigenvalue weighted by atomic mass is 10.1. The van der Waals surface area contributed by atoms with Crippen LogP contribution in [0.2, 0.25) is 0 Å². The molecular weight excluding hydrogens is 351 g/mol. The third kappa shape index (κ3) is 5.11. The van der Waals surface area contributed by atoms with Crippen molar-refractivity contribution in [2.75, 3.05) is 11.9 Å². The molecule has 0 saturated heterocycles. The maximum Gasteiger partial charge on any atom is 0.422 e. The Bertz CT molecular complexity index is 830. The summed E-state index contributed by atoms with van der Waals surface area (Å²) in [4.78, 5) is 10.6. The summed E-state index contributed by atoms with van der Waals surface area (Å²) in [5, 5.41) is 23.0. The Morgan fingerprint density at radius 2 is 1.92 bits per heavy atom. The molecule has 2 aromatic carbocycles. The van der Waals surface area contributed by atoms with Crippen LogP contribution in [-0.4, -0.2) is 17.7 Å². The summed E-state index contributed by atoms with van der Waals surface area (Å²) in [6, 6.07) is 11.5. The standard InChI is InChI=1S/C17H14F3N3O3/c1-11(13-3-5-14(6-4-13)26-10-17(18,19)20)22-15-7-2-12(9-21)8-16(15)23(24)25/h2-8,11,22H,10H2,1H3. The van der Waals surface area contributed by atoms with E-state index in [0.717, 1.165) is 0 Å². The van der Waals surface area contributed by atoms with Crippen LogP contribution in [0.15, 0.2) is 42.5 Å². The van der Waals surface area contributed by atoms with E-state index in [1.807, 2.05) is 6.07 Å². The number of nitrogens with zero attached hydrogens (tertiary/aromatic N) is 2. The van der Waals surface area contributed by atoms with Gasteiger partial charge in [0.15, 0.2) is 6.61 Å². The van der Waals surface area contributed by atoms with E-state index < -0.39 is 17.7 Å². The highest BCUT2D eigenvalue weighted by molar-refractivity contribution is 5.64. The van der Waals surface area contributed by atoms with Crippen LogP contribution in [0, 0.1) is 21.4 Å². The van der Waals surface area contributed by atoms with Crippen molar-refractivity contribution in [1.29, 1.82) is 5.26 Å². The van der Waals surface area contributed by atoms with E-state index in [9.17, 15) is 23.3 Å². The molecule has 0 radical (unpaired) electrons. The molecule has 2 rings (SSSR count). The van der Waals surface area contributed by atoms with Gasteiger partial charge in [0, 0.05) is 12.1 Å². The highest BCUT2D eigenvalue weighted by Gasteiger charge is 2.28. The van der Waals surface area contributed by atoms with Crippen LogP contribution in [-0.2, 0) is 0 Å². The quantitative estimate of drug-likeness (QED) is 0.598. The van der Waals surface area contributed by atoms with Gasteiger partial charge < -0.3 is 10.1 Å². The Hall–Kier alpha value is -3.28. The predicted molar refractivity (Wildman–Crippen MR) is 87.8 cm³/mol. The number of ether oxygens (including phenoxy) is 1. The van der Waals surface area contributed by atoms with E-state index in [1.54, 1.807) is 19.1 Å². The minimum atomic E-state index is -4.41. The molecule has 26 heavy (non-hydrogen) atoms. The summed E-state index contributed by atoms with van der Waals surface area (Å²) in [5.41, 5.74) is 0.865. The molecule has 1 atom stereocenters. The average Bonchev–Trinajstić information content (AvgIpc) is 2.60. The number of nitriles is 1. The van der Waals surface area contributed by atoms with Crippen LogP contribution in [0.4, 0.5) is 24.5 Å². The lowest BCUT2D eigenvalue weighted by Crippen LogP contribution is -2.19. The van der Waals surface area contributed by atoms with Crippen molar-refractivity contribution in [3.63, 3.8) is 0 Å². The van der Waals surface area contributed by atoms with Crippen molar-refractivity contribution < 1.29 is 22.8 Å². The number of nitro benzene ring substituents is 1. The number of nitrogens with one attached hydrogen (secondary N) is 1. The predicted octanol–water partition coefficient (Wildman–Crippen LogP) is 4.58. The lowest BCUT2D eigenvalue weighted by Gasteiger charge is -2.16. The molecule has 9 heteroatoms. The Kier molecular flexibility index (Phi) is 5.67. The van der Waals surface area contributed by atoms with Gasteiger partial charge in [0.1, 0.15) is 11.4 Å². The minimum Gasteiger partial charge on any atom is -0.484 e. The van der Waals surface area contributed by atoms with Crippen molar-refractivity contribution in [1.82, 2.24) is 0 Å². The van der Waals surface area contributed by atoms with E-state index in [2.05, 4.69) is 10.1 Å². The first-order chi connectivity index (χ1) is 12.2. The number of hydrogen-bond donors (Lipinski definition) is 1. The van der Waals surface area contributed by atoms with Gasteiger partial charge in [0.05, 0.1) is 16.6 Å². The largest absolute Gasteiger partial charge is 0.484 e. The maximum atomic E-state index is 12.1. The molecule has 6 nitrogen and oxygen atoms in total. The summed E-state index contributed by atoms with van der Waals surface area (Å²) in [6.45, 7) is 0.366. The van der Waals surface area contributed by atoms with Gasteiger partial charge in [-0.15, -0.1) is 0 Å². The number of hydrogen-bond acceptors (Lipinski definition) is 5. The number of rotatable bonds is 6. The molecule has 0 fully saturated rings. The number of alkyl halides is 3. The summed E-state index contributed by atoms with van der Waals surface area (Å²) in [7, 11) is 0. The third-order valence-electron chi connectivity index (χ3n) is 3.48. The van der Waals surface area contributed by atoms with Crippen LogP contribution in [0.25, 0.3) is 0 Å². The van der Waals surface area contributed by atoms with E-state index >= 15 is 0 Å². The Morgan fingerprint density at radius 1 is 1.27 bits per heavy atom. The van der Waals surface area contributed by atoms with Gasteiger partial charge in [-0.3, -0.25) is 10.1 Å². The molecular formula is C17H14F3N3O3. The molecule has 136 valence electrons. The van der Waals surface area contributed by atoms with Crippen molar-refractivity contribution in [3.05, 3.63) is 63.7 Å². The molecule has 0 saturated carbocycles. The molecule has 1 unspecified atom stereocenters. The highest BCUT2D eigenvalue weighted by Crippen LogP contribution is 2.29. The Morgan fingerprint density at radius 3 is 2.46 bits per heavy atom. The van der Waals surface area contributed by atoms with Crippen molar-refractivity contribution in [2.24, 2.45) is 0 Å². The first-order valence-electron chi connectivity index (χ1n) is 7.44. The second kappa shape index (κ2) is 7.74. The molecule has 0 aliphatic rings. The summed E-state index contributed by atoms with van der Waals surface area (Å²) in [5.74, 6) is 0.0719. The van der Waals surface area contributed by atoms with E-state index in [-0.39, 0.29) is 28.7 Å². The molecule has 0 heterocycles. The molecule has 0 aliphatic heterocycles. The fourth-order valence-electron chi connectivity index (χ4n) is 2.21. The van der Waals surface area contributed by atoms with E-state index in [0.29, 0.717) is 5.56 Å². The molecule has 0 bridgehead atoms. The Balaban J connectivity index is 2.12. The zero-order valence-electron chi connectivity index (χ0n) is 13.6. The number of halogens is 3.